The lowest BCUT2D eigenvalue weighted by Gasteiger charge is -2.18. The van der Waals surface area contributed by atoms with Crippen molar-refractivity contribution in [1.29, 1.82) is 0 Å². The van der Waals surface area contributed by atoms with E-state index in [-0.39, 0.29) is 0 Å². The SMILES string of the molecule is Cc1ccc2c(c1)c(-c1ccc3ccc4cccc5ccc1c3c45)cc1c3ccc(C)c4c3c(cc21)-c1ncccc1-4. The minimum atomic E-state index is 1.10. The van der Waals surface area contributed by atoms with Crippen molar-refractivity contribution in [3.63, 3.8) is 0 Å². The summed E-state index contributed by atoms with van der Waals surface area (Å²) in [4.78, 5) is 4.88. The van der Waals surface area contributed by atoms with Crippen LogP contribution in [0.3, 0.4) is 0 Å². The maximum absolute atomic E-state index is 4.88. The van der Waals surface area contributed by atoms with Gasteiger partial charge < -0.3 is 0 Å². The highest BCUT2D eigenvalue weighted by atomic mass is 14.7. The van der Waals surface area contributed by atoms with Gasteiger partial charge in [-0.3, -0.25) is 4.98 Å². The largest absolute Gasteiger partial charge is 0.256 e. The molecule has 42 heavy (non-hydrogen) atoms. The number of aryl methyl sites for hydroxylation is 2. The molecule has 1 heterocycles. The van der Waals surface area contributed by atoms with Crippen molar-refractivity contribution in [3.05, 3.63) is 127 Å². The summed E-state index contributed by atoms with van der Waals surface area (Å²) in [6.45, 7) is 4.43. The van der Waals surface area contributed by atoms with Gasteiger partial charge in [0.2, 0.25) is 0 Å². The zero-order valence-electron chi connectivity index (χ0n) is 23.4. The molecule has 0 amide bonds. The van der Waals surface area contributed by atoms with Crippen LogP contribution in [-0.2, 0) is 0 Å². The Morgan fingerprint density at radius 3 is 2.02 bits per heavy atom. The van der Waals surface area contributed by atoms with Crippen LogP contribution in [0, 0.1) is 13.8 Å². The molecule has 0 bridgehead atoms. The van der Waals surface area contributed by atoms with Crippen molar-refractivity contribution in [3.8, 4) is 33.5 Å². The molecule has 0 radical (unpaired) electrons. The van der Waals surface area contributed by atoms with Gasteiger partial charge in [-0.25, -0.2) is 0 Å². The number of hydrogen-bond acceptors (Lipinski definition) is 1. The predicted molar refractivity (Wildman–Crippen MR) is 180 cm³/mol. The van der Waals surface area contributed by atoms with Crippen LogP contribution < -0.4 is 0 Å². The third-order valence-corrected chi connectivity index (χ3v) is 9.75. The summed E-state index contributed by atoms with van der Waals surface area (Å²) < 4.78 is 0. The zero-order valence-corrected chi connectivity index (χ0v) is 23.4. The monoisotopic (exact) mass is 531 g/mol. The first-order valence-corrected chi connectivity index (χ1v) is 14.7. The average Bonchev–Trinajstić information content (AvgIpc) is 3.36. The molecule has 0 fully saturated rings. The highest BCUT2D eigenvalue weighted by molar-refractivity contribution is 6.31. The lowest BCUT2D eigenvalue weighted by atomic mass is 9.85. The minimum absolute atomic E-state index is 1.10. The van der Waals surface area contributed by atoms with E-state index in [2.05, 4.69) is 123 Å². The van der Waals surface area contributed by atoms with E-state index >= 15 is 0 Å². The zero-order chi connectivity index (χ0) is 27.7. The van der Waals surface area contributed by atoms with Gasteiger partial charge in [0.1, 0.15) is 0 Å². The second kappa shape index (κ2) is 7.72. The van der Waals surface area contributed by atoms with Crippen molar-refractivity contribution in [2.24, 2.45) is 0 Å². The Morgan fingerprint density at radius 1 is 0.429 bits per heavy atom. The van der Waals surface area contributed by atoms with Crippen LogP contribution in [-0.4, -0.2) is 4.98 Å². The third-order valence-electron chi connectivity index (χ3n) is 9.75. The first-order chi connectivity index (χ1) is 20.7. The van der Waals surface area contributed by atoms with Gasteiger partial charge in [0.05, 0.1) is 5.69 Å². The fourth-order valence-corrected chi connectivity index (χ4v) is 7.92. The Hall–Kier alpha value is -5.27. The summed E-state index contributed by atoms with van der Waals surface area (Å²) in [6.07, 6.45) is 1.93. The van der Waals surface area contributed by atoms with Crippen LogP contribution >= 0.6 is 0 Å². The molecular weight excluding hydrogens is 506 g/mol. The molecule has 0 saturated carbocycles. The molecule has 0 aliphatic heterocycles. The van der Waals surface area contributed by atoms with Gasteiger partial charge in [0.25, 0.3) is 0 Å². The van der Waals surface area contributed by atoms with Gasteiger partial charge in [-0.05, 0) is 119 Å². The van der Waals surface area contributed by atoms with Crippen LogP contribution in [0.5, 0.6) is 0 Å². The summed E-state index contributed by atoms with van der Waals surface area (Å²) in [5.74, 6) is 0. The molecule has 8 aromatic carbocycles. The van der Waals surface area contributed by atoms with E-state index < -0.39 is 0 Å². The van der Waals surface area contributed by atoms with Crippen molar-refractivity contribution in [2.75, 3.05) is 0 Å². The number of hydrogen-bond donors (Lipinski definition) is 0. The molecule has 0 N–H and O–H groups in total. The Morgan fingerprint density at radius 2 is 1.14 bits per heavy atom. The topological polar surface area (TPSA) is 12.9 Å². The number of pyridine rings is 1. The Labute approximate surface area is 243 Å². The predicted octanol–water partition coefficient (Wildman–Crippen LogP) is 11.4. The van der Waals surface area contributed by atoms with Crippen LogP contribution in [0.25, 0.3) is 98.1 Å². The lowest BCUT2D eigenvalue weighted by molar-refractivity contribution is 1.34. The van der Waals surface area contributed by atoms with Crippen molar-refractivity contribution in [1.82, 2.24) is 4.98 Å². The minimum Gasteiger partial charge on any atom is -0.256 e. The van der Waals surface area contributed by atoms with Crippen LogP contribution in [0.2, 0.25) is 0 Å². The fraction of sp³-hybridized carbons (Fsp3) is 0.0488. The quantitative estimate of drug-likeness (QED) is 0.192. The lowest BCUT2D eigenvalue weighted by Crippen LogP contribution is -1.91. The van der Waals surface area contributed by atoms with Crippen molar-refractivity contribution >= 4 is 64.6 Å². The second-order valence-electron chi connectivity index (χ2n) is 12.0. The standard InChI is InChI=1S/C41H25N/c1-22-8-14-28-32(19-22)33(27-16-12-26-11-10-24-5-3-6-25-13-17-29(27)39(26)38(24)25)20-35-30-15-9-23(2)37-31-7-4-18-42-41(31)36(40(30)37)21-34(28)35/h3-21H,1-2H3. The third kappa shape index (κ3) is 2.71. The maximum Gasteiger partial charge on any atom is 0.0787 e. The molecule has 0 spiro atoms. The van der Waals surface area contributed by atoms with E-state index in [1.54, 1.807) is 0 Å². The second-order valence-corrected chi connectivity index (χ2v) is 12.0. The van der Waals surface area contributed by atoms with Crippen LogP contribution in [0.15, 0.2) is 115 Å². The van der Waals surface area contributed by atoms with Crippen molar-refractivity contribution < 1.29 is 0 Å². The summed E-state index contributed by atoms with van der Waals surface area (Å²) in [7, 11) is 0. The molecule has 194 valence electrons. The first-order valence-electron chi connectivity index (χ1n) is 14.7. The molecule has 1 aromatic heterocycles. The van der Waals surface area contributed by atoms with Gasteiger partial charge in [0.15, 0.2) is 0 Å². The Kier molecular flexibility index (Phi) is 4.12. The highest BCUT2D eigenvalue weighted by Crippen LogP contribution is 2.52. The number of benzene rings is 8. The summed E-state index contributed by atoms with van der Waals surface area (Å²) in [6, 6.07) is 41.2. The molecule has 0 saturated heterocycles. The number of nitrogens with zero attached hydrogens (tertiary/aromatic N) is 1. The molecule has 10 rings (SSSR count). The summed E-state index contributed by atoms with van der Waals surface area (Å²) >= 11 is 0. The van der Waals surface area contributed by atoms with Crippen molar-refractivity contribution in [2.45, 2.75) is 13.8 Å². The molecule has 1 heteroatoms. The van der Waals surface area contributed by atoms with E-state index in [0.29, 0.717) is 0 Å². The first kappa shape index (κ1) is 22.4. The fourth-order valence-electron chi connectivity index (χ4n) is 7.92. The highest BCUT2D eigenvalue weighted by Gasteiger charge is 2.26. The molecule has 9 aromatic rings. The Balaban J connectivity index is 1.40. The van der Waals surface area contributed by atoms with Gasteiger partial charge in [0, 0.05) is 17.3 Å². The number of rotatable bonds is 1. The smallest absolute Gasteiger partial charge is 0.0787 e. The molecule has 1 aliphatic rings. The molecule has 0 unspecified atom stereocenters. The number of fused-ring (bicyclic) bond motifs is 7. The Bertz CT molecular complexity index is 2620. The van der Waals surface area contributed by atoms with E-state index in [9.17, 15) is 0 Å². The van der Waals surface area contributed by atoms with E-state index in [1.807, 2.05) is 6.20 Å². The van der Waals surface area contributed by atoms with Gasteiger partial charge in [-0.2, -0.15) is 0 Å². The number of aromatic nitrogens is 1. The van der Waals surface area contributed by atoms with E-state index in [0.717, 1.165) is 5.69 Å². The van der Waals surface area contributed by atoms with Gasteiger partial charge in [-0.15, -0.1) is 0 Å². The van der Waals surface area contributed by atoms with Gasteiger partial charge >= 0.3 is 0 Å². The maximum atomic E-state index is 4.88. The van der Waals surface area contributed by atoms with E-state index in [4.69, 9.17) is 4.98 Å². The molecular formula is C41H25N. The molecule has 1 aliphatic carbocycles. The normalized spacial score (nSPS) is 12.5. The molecule has 1 nitrogen and oxygen atoms in total. The van der Waals surface area contributed by atoms with Gasteiger partial charge in [-0.1, -0.05) is 96.6 Å². The van der Waals surface area contributed by atoms with Crippen LogP contribution in [0.1, 0.15) is 11.1 Å². The van der Waals surface area contributed by atoms with Crippen LogP contribution in [0.4, 0.5) is 0 Å². The summed E-state index contributed by atoms with van der Waals surface area (Å²) in [5.41, 5.74) is 10.1. The average molecular weight is 532 g/mol. The summed E-state index contributed by atoms with van der Waals surface area (Å²) in [5, 5.41) is 15.8. The van der Waals surface area contributed by atoms with E-state index in [1.165, 1.54) is 104 Å². The molecule has 0 atom stereocenters.